The lowest BCUT2D eigenvalue weighted by Crippen LogP contribution is -2.43. The van der Waals surface area contributed by atoms with Gasteiger partial charge < -0.3 is 9.30 Å². The van der Waals surface area contributed by atoms with Crippen molar-refractivity contribution in [2.45, 2.75) is 13.8 Å². The maximum absolute atomic E-state index is 13.5. The molecule has 0 saturated heterocycles. The first-order valence-corrected chi connectivity index (χ1v) is 9.13. The molecule has 0 aliphatic rings. The van der Waals surface area contributed by atoms with Gasteiger partial charge in [-0.25, -0.2) is 9.18 Å². The molecule has 0 fully saturated rings. The number of hydrogen-bond donors (Lipinski definition) is 2. The van der Waals surface area contributed by atoms with Gasteiger partial charge in [-0.05, 0) is 62.4 Å². The second kappa shape index (κ2) is 9.04. The number of amides is 2. The molecule has 0 unspecified atom stereocenters. The van der Waals surface area contributed by atoms with Crippen LogP contribution in [0.2, 0.25) is 0 Å². The third-order valence-corrected chi connectivity index (χ3v) is 4.40. The van der Waals surface area contributed by atoms with E-state index in [4.69, 9.17) is 4.74 Å². The maximum atomic E-state index is 13.5. The molecular weight excluding hydrogens is 389 g/mol. The molecule has 0 radical (unpaired) electrons. The molecule has 0 aliphatic heterocycles. The van der Waals surface area contributed by atoms with E-state index in [2.05, 4.69) is 10.9 Å². The van der Waals surface area contributed by atoms with Gasteiger partial charge in [0.05, 0.1) is 11.1 Å². The van der Waals surface area contributed by atoms with Gasteiger partial charge >= 0.3 is 5.97 Å². The number of benzene rings is 2. The number of nitrogens with one attached hydrogen (secondary N) is 2. The van der Waals surface area contributed by atoms with Gasteiger partial charge in [0.15, 0.2) is 6.61 Å². The molecule has 8 heteroatoms. The smallest absolute Gasteiger partial charge is 0.338 e. The van der Waals surface area contributed by atoms with E-state index in [-0.39, 0.29) is 11.1 Å². The Hall–Kier alpha value is -3.94. The molecule has 7 nitrogen and oxygen atoms in total. The summed E-state index contributed by atoms with van der Waals surface area (Å²) in [5, 5.41) is 0. The molecule has 0 aliphatic carbocycles. The van der Waals surface area contributed by atoms with Crippen LogP contribution in [0.5, 0.6) is 0 Å². The average molecular weight is 409 g/mol. The summed E-state index contributed by atoms with van der Waals surface area (Å²) in [6, 6.07) is 16.1. The number of nitrogens with zero attached hydrogens (tertiary/aromatic N) is 1. The summed E-state index contributed by atoms with van der Waals surface area (Å²) in [4.78, 5) is 35.8. The number of rotatable bonds is 5. The monoisotopic (exact) mass is 409 g/mol. The third kappa shape index (κ3) is 4.72. The SMILES string of the molecule is Cc1ccc(C)n1-c1ccc(C(=O)OCC(=O)NNC(=O)c2ccccc2F)cc1. The van der Waals surface area contributed by atoms with Crippen molar-refractivity contribution >= 4 is 17.8 Å². The van der Waals surface area contributed by atoms with Crippen molar-refractivity contribution in [1.29, 1.82) is 0 Å². The second-order valence-electron chi connectivity index (χ2n) is 6.56. The van der Waals surface area contributed by atoms with Crippen LogP contribution in [0.25, 0.3) is 5.69 Å². The number of hydrazine groups is 1. The molecule has 0 spiro atoms. The molecule has 3 aromatic rings. The normalized spacial score (nSPS) is 10.4. The first kappa shape index (κ1) is 20.8. The van der Waals surface area contributed by atoms with E-state index in [1.807, 2.05) is 30.5 Å². The van der Waals surface area contributed by atoms with E-state index in [9.17, 15) is 18.8 Å². The first-order valence-electron chi connectivity index (χ1n) is 9.13. The maximum Gasteiger partial charge on any atom is 0.338 e. The fourth-order valence-corrected chi connectivity index (χ4v) is 2.91. The predicted molar refractivity (Wildman–Crippen MR) is 108 cm³/mol. The first-order chi connectivity index (χ1) is 14.4. The summed E-state index contributed by atoms with van der Waals surface area (Å²) < 4.78 is 20.5. The van der Waals surface area contributed by atoms with Crippen molar-refractivity contribution in [1.82, 2.24) is 15.4 Å². The average Bonchev–Trinajstić information content (AvgIpc) is 3.08. The molecule has 2 aromatic carbocycles. The number of ether oxygens (including phenoxy) is 1. The fourth-order valence-electron chi connectivity index (χ4n) is 2.91. The van der Waals surface area contributed by atoms with Crippen LogP contribution in [-0.2, 0) is 9.53 Å². The number of carbonyl (C=O) groups is 3. The highest BCUT2D eigenvalue weighted by Gasteiger charge is 2.14. The van der Waals surface area contributed by atoms with Gasteiger partial charge in [0, 0.05) is 17.1 Å². The van der Waals surface area contributed by atoms with Gasteiger partial charge in [-0.2, -0.15) is 0 Å². The fraction of sp³-hybridized carbons (Fsp3) is 0.136. The van der Waals surface area contributed by atoms with Crippen molar-refractivity contribution < 1.29 is 23.5 Å². The molecular formula is C22H20FN3O4. The molecule has 0 bridgehead atoms. The van der Waals surface area contributed by atoms with Gasteiger partial charge in [-0.1, -0.05) is 12.1 Å². The van der Waals surface area contributed by atoms with E-state index >= 15 is 0 Å². The van der Waals surface area contributed by atoms with Gasteiger partial charge in [0.1, 0.15) is 5.82 Å². The standard InChI is InChI=1S/C22H20FN3O4/c1-14-7-8-15(2)26(14)17-11-9-16(10-12-17)22(29)30-13-20(27)24-25-21(28)18-5-3-4-6-19(18)23/h3-12H,13H2,1-2H3,(H,24,27)(H,25,28). The molecule has 2 amide bonds. The highest BCUT2D eigenvalue weighted by molar-refractivity contribution is 5.96. The predicted octanol–water partition coefficient (Wildman–Crippen LogP) is 2.85. The number of aromatic nitrogens is 1. The van der Waals surface area contributed by atoms with Crippen molar-refractivity contribution in [2.75, 3.05) is 6.61 Å². The van der Waals surface area contributed by atoms with Crippen LogP contribution in [0.3, 0.4) is 0 Å². The Morgan fingerprint density at radius 1 is 0.900 bits per heavy atom. The molecule has 1 heterocycles. The summed E-state index contributed by atoms with van der Waals surface area (Å²) in [6.07, 6.45) is 0. The van der Waals surface area contributed by atoms with Crippen LogP contribution in [0, 0.1) is 19.7 Å². The van der Waals surface area contributed by atoms with Crippen LogP contribution in [0.15, 0.2) is 60.7 Å². The minimum Gasteiger partial charge on any atom is -0.452 e. The Labute approximate surface area is 172 Å². The Morgan fingerprint density at radius 2 is 1.53 bits per heavy atom. The molecule has 2 N–H and O–H groups in total. The van der Waals surface area contributed by atoms with Crippen molar-refractivity contribution in [2.24, 2.45) is 0 Å². The largest absolute Gasteiger partial charge is 0.452 e. The molecule has 0 saturated carbocycles. The summed E-state index contributed by atoms with van der Waals surface area (Å²) in [5.41, 5.74) is 7.23. The molecule has 3 rings (SSSR count). The molecule has 30 heavy (non-hydrogen) atoms. The quantitative estimate of drug-likeness (QED) is 0.501. The lowest BCUT2D eigenvalue weighted by Gasteiger charge is -2.11. The molecule has 0 atom stereocenters. The van der Waals surface area contributed by atoms with Crippen LogP contribution < -0.4 is 10.9 Å². The van der Waals surface area contributed by atoms with E-state index in [1.165, 1.54) is 18.2 Å². The number of aryl methyl sites for hydroxylation is 2. The highest BCUT2D eigenvalue weighted by Crippen LogP contribution is 2.17. The number of esters is 1. The topological polar surface area (TPSA) is 89.4 Å². The minimum absolute atomic E-state index is 0.219. The van der Waals surface area contributed by atoms with Gasteiger partial charge in [0.2, 0.25) is 0 Å². The zero-order valence-electron chi connectivity index (χ0n) is 16.4. The van der Waals surface area contributed by atoms with E-state index in [0.717, 1.165) is 23.1 Å². The van der Waals surface area contributed by atoms with Crippen LogP contribution in [0.1, 0.15) is 32.1 Å². The minimum atomic E-state index is -0.820. The lowest BCUT2D eigenvalue weighted by atomic mass is 10.2. The Morgan fingerprint density at radius 3 is 2.17 bits per heavy atom. The molecule has 1 aromatic heterocycles. The number of carbonyl (C=O) groups excluding carboxylic acids is 3. The summed E-state index contributed by atoms with van der Waals surface area (Å²) in [7, 11) is 0. The summed E-state index contributed by atoms with van der Waals surface area (Å²) >= 11 is 0. The van der Waals surface area contributed by atoms with Crippen LogP contribution in [-0.4, -0.2) is 29.0 Å². The van der Waals surface area contributed by atoms with Crippen molar-refractivity contribution in [3.8, 4) is 5.69 Å². The van der Waals surface area contributed by atoms with E-state index < -0.39 is 30.2 Å². The summed E-state index contributed by atoms with van der Waals surface area (Å²) in [5.74, 6) is -2.98. The Kier molecular flexibility index (Phi) is 6.26. The number of halogens is 1. The Bertz CT molecular complexity index is 1070. The van der Waals surface area contributed by atoms with Gasteiger partial charge in [-0.3, -0.25) is 20.4 Å². The molecule has 154 valence electrons. The van der Waals surface area contributed by atoms with Crippen molar-refractivity contribution in [3.05, 3.63) is 89.0 Å². The van der Waals surface area contributed by atoms with Crippen LogP contribution >= 0.6 is 0 Å². The Balaban J connectivity index is 1.51. The van der Waals surface area contributed by atoms with Crippen molar-refractivity contribution in [3.63, 3.8) is 0 Å². The second-order valence-corrected chi connectivity index (χ2v) is 6.56. The van der Waals surface area contributed by atoms with Gasteiger partial charge in [-0.15, -0.1) is 0 Å². The zero-order valence-corrected chi connectivity index (χ0v) is 16.4. The highest BCUT2D eigenvalue weighted by atomic mass is 19.1. The van der Waals surface area contributed by atoms with Crippen LogP contribution in [0.4, 0.5) is 4.39 Å². The third-order valence-electron chi connectivity index (χ3n) is 4.40. The zero-order chi connectivity index (χ0) is 21.7. The van der Waals surface area contributed by atoms with E-state index in [0.29, 0.717) is 0 Å². The number of hydrogen-bond acceptors (Lipinski definition) is 4. The summed E-state index contributed by atoms with van der Waals surface area (Å²) in [6.45, 7) is 3.37. The lowest BCUT2D eigenvalue weighted by molar-refractivity contribution is -0.125. The van der Waals surface area contributed by atoms with Gasteiger partial charge in [0.25, 0.3) is 11.8 Å². The van der Waals surface area contributed by atoms with E-state index in [1.54, 1.807) is 24.3 Å².